The van der Waals surface area contributed by atoms with E-state index in [0.29, 0.717) is 16.7 Å². The van der Waals surface area contributed by atoms with Gasteiger partial charge in [-0.2, -0.15) is 13.2 Å². The number of aromatic nitrogens is 4. The highest BCUT2D eigenvalue weighted by atomic mass is 35.5. The Morgan fingerprint density at radius 2 is 1.97 bits per heavy atom. The summed E-state index contributed by atoms with van der Waals surface area (Å²) in [5.74, 6) is -3.20. The summed E-state index contributed by atoms with van der Waals surface area (Å²) in [6, 6.07) is 1.77. The standard InChI is InChI=1S/C19H12ClF4N5O3/c1-8-11(17(30)28-9(2)27-8)6-29-7-26-16(19(22,23)24)15(18(29)31)32-13-5-10(20)4-12(25-3)14(13)21/h4-5,7H,6H2,1-2H3,(H,27,28,30). The number of alkyl halides is 3. The number of nitrogens with one attached hydrogen (secondary N) is 1. The zero-order chi connectivity index (χ0) is 23.8. The summed E-state index contributed by atoms with van der Waals surface area (Å²) in [4.78, 5) is 37.6. The number of hydrogen-bond donors (Lipinski definition) is 1. The second-order valence-corrected chi connectivity index (χ2v) is 6.96. The maximum atomic E-state index is 14.4. The maximum Gasteiger partial charge on any atom is 0.437 e. The Morgan fingerprint density at radius 1 is 1.28 bits per heavy atom. The Balaban J connectivity index is 2.18. The summed E-state index contributed by atoms with van der Waals surface area (Å²) in [5, 5.41) is -0.196. The average molecular weight is 470 g/mol. The summed E-state index contributed by atoms with van der Waals surface area (Å²) in [7, 11) is 0. The van der Waals surface area contributed by atoms with Gasteiger partial charge < -0.3 is 9.72 Å². The Labute approximate surface area is 181 Å². The Bertz CT molecular complexity index is 1380. The number of aryl methyl sites for hydroxylation is 2. The minimum Gasteiger partial charge on any atom is -0.447 e. The van der Waals surface area contributed by atoms with E-state index in [2.05, 4.69) is 19.8 Å². The largest absolute Gasteiger partial charge is 0.447 e. The van der Waals surface area contributed by atoms with Crippen LogP contribution in [0.15, 0.2) is 28.0 Å². The molecule has 0 saturated carbocycles. The molecule has 0 aliphatic heterocycles. The van der Waals surface area contributed by atoms with Gasteiger partial charge >= 0.3 is 6.18 Å². The maximum absolute atomic E-state index is 14.4. The molecule has 0 amide bonds. The Hall–Kier alpha value is -3.72. The minimum absolute atomic E-state index is 0.00874. The Kier molecular flexibility index (Phi) is 6.05. The fourth-order valence-corrected chi connectivity index (χ4v) is 3.00. The van der Waals surface area contributed by atoms with Gasteiger partial charge in [-0.15, -0.1) is 0 Å². The topological polar surface area (TPSA) is 94.2 Å². The molecular formula is C19H12ClF4N5O3. The summed E-state index contributed by atoms with van der Waals surface area (Å²) in [5.41, 5.74) is -3.99. The lowest BCUT2D eigenvalue weighted by atomic mass is 10.2. The summed E-state index contributed by atoms with van der Waals surface area (Å²) in [6.07, 6.45) is -4.53. The molecule has 0 atom stereocenters. The van der Waals surface area contributed by atoms with Crippen molar-refractivity contribution in [2.24, 2.45) is 0 Å². The first-order valence-electron chi connectivity index (χ1n) is 8.69. The predicted molar refractivity (Wildman–Crippen MR) is 105 cm³/mol. The van der Waals surface area contributed by atoms with Gasteiger partial charge in [-0.3, -0.25) is 14.2 Å². The fraction of sp³-hybridized carbons (Fsp3) is 0.211. The number of ether oxygens (including phenoxy) is 1. The number of nitrogens with zero attached hydrogens (tertiary/aromatic N) is 4. The van der Waals surface area contributed by atoms with Crippen LogP contribution in [0.1, 0.15) is 22.8 Å². The van der Waals surface area contributed by atoms with E-state index in [1.165, 1.54) is 13.8 Å². The second-order valence-electron chi connectivity index (χ2n) is 6.52. The van der Waals surface area contributed by atoms with Crippen molar-refractivity contribution in [3.8, 4) is 11.5 Å². The van der Waals surface area contributed by atoms with Crippen LogP contribution < -0.4 is 15.9 Å². The first-order valence-corrected chi connectivity index (χ1v) is 9.07. The molecule has 0 spiro atoms. The van der Waals surface area contributed by atoms with Crippen molar-refractivity contribution in [1.82, 2.24) is 19.5 Å². The van der Waals surface area contributed by atoms with Crippen LogP contribution in [0.3, 0.4) is 0 Å². The van der Waals surface area contributed by atoms with E-state index in [-0.39, 0.29) is 16.3 Å². The molecule has 1 N–H and O–H groups in total. The van der Waals surface area contributed by atoms with Crippen LogP contribution in [0.2, 0.25) is 5.02 Å². The molecule has 166 valence electrons. The third-order valence-corrected chi connectivity index (χ3v) is 4.47. The average Bonchev–Trinajstić information content (AvgIpc) is 2.68. The van der Waals surface area contributed by atoms with E-state index in [9.17, 15) is 27.2 Å². The van der Waals surface area contributed by atoms with Crippen LogP contribution in [0, 0.1) is 26.2 Å². The highest BCUT2D eigenvalue weighted by Gasteiger charge is 2.39. The van der Waals surface area contributed by atoms with Crippen molar-refractivity contribution in [2.45, 2.75) is 26.6 Å². The fourth-order valence-electron chi connectivity index (χ4n) is 2.80. The van der Waals surface area contributed by atoms with E-state index >= 15 is 0 Å². The summed E-state index contributed by atoms with van der Waals surface area (Å²) in [6.45, 7) is 9.48. The number of H-pyrrole nitrogens is 1. The first kappa shape index (κ1) is 23.0. The third-order valence-electron chi connectivity index (χ3n) is 4.25. The molecule has 0 bridgehead atoms. The van der Waals surface area contributed by atoms with Gasteiger partial charge in [-0.1, -0.05) is 11.6 Å². The van der Waals surface area contributed by atoms with Crippen LogP contribution in [-0.2, 0) is 12.7 Å². The van der Waals surface area contributed by atoms with E-state index in [0.717, 1.165) is 12.1 Å². The molecule has 0 radical (unpaired) electrons. The molecule has 1 aromatic carbocycles. The molecule has 0 unspecified atom stereocenters. The highest BCUT2D eigenvalue weighted by molar-refractivity contribution is 6.31. The van der Waals surface area contributed by atoms with Gasteiger partial charge in [-0.25, -0.2) is 19.2 Å². The van der Waals surface area contributed by atoms with Crippen LogP contribution in [0.25, 0.3) is 4.85 Å². The van der Waals surface area contributed by atoms with Crippen LogP contribution in [0.4, 0.5) is 23.2 Å². The normalized spacial score (nSPS) is 11.3. The molecule has 8 nitrogen and oxygen atoms in total. The number of aromatic amines is 1. The highest BCUT2D eigenvalue weighted by Crippen LogP contribution is 2.38. The van der Waals surface area contributed by atoms with Crippen molar-refractivity contribution in [3.05, 3.63) is 84.2 Å². The van der Waals surface area contributed by atoms with Gasteiger partial charge in [0, 0.05) is 10.7 Å². The van der Waals surface area contributed by atoms with E-state index < -0.39 is 52.5 Å². The van der Waals surface area contributed by atoms with Crippen molar-refractivity contribution < 1.29 is 22.3 Å². The molecule has 32 heavy (non-hydrogen) atoms. The van der Waals surface area contributed by atoms with Crippen LogP contribution in [-0.4, -0.2) is 19.5 Å². The summed E-state index contributed by atoms with van der Waals surface area (Å²) < 4.78 is 60.5. The van der Waals surface area contributed by atoms with Crippen molar-refractivity contribution >= 4 is 17.3 Å². The van der Waals surface area contributed by atoms with Gasteiger partial charge in [0.25, 0.3) is 11.1 Å². The molecule has 3 aromatic rings. The van der Waals surface area contributed by atoms with Gasteiger partial charge in [0.15, 0.2) is 17.3 Å². The number of hydrogen-bond acceptors (Lipinski definition) is 5. The molecule has 0 aliphatic carbocycles. The van der Waals surface area contributed by atoms with Gasteiger partial charge in [-0.05, 0) is 26.0 Å². The molecule has 2 heterocycles. The first-order chi connectivity index (χ1) is 14.9. The smallest absolute Gasteiger partial charge is 0.437 e. The lowest BCUT2D eigenvalue weighted by Crippen LogP contribution is -2.29. The number of halogens is 5. The number of rotatable bonds is 4. The molecule has 13 heteroatoms. The second kappa shape index (κ2) is 8.43. The summed E-state index contributed by atoms with van der Waals surface area (Å²) >= 11 is 5.77. The lowest BCUT2D eigenvalue weighted by molar-refractivity contribution is -0.142. The zero-order valence-corrected chi connectivity index (χ0v) is 17.1. The number of benzene rings is 1. The van der Waals surface area contributed by atoms with Gasteiger partial charge in [0.1, 0.15) is 5.82 Å². The predicted octanol–water partition coefficient (Wildman–Crippen LogP) is 4.15. The van der Waals surface area contributed by atoms with E-state index in [1.54, 1.807) is 0 Å². The lowest BCUT2D eigenvalue weighted by Gasteiger charge is -2.15. The van der Waals surface area contributed by atoms with Crippen molar-refractivity contribution in [3.63, 3.8) is 0 Å². The zero-order valence-electron chi connectivity index (χ0n) is 16.3. The minimum atomic E-state index is -5.12. The molecular weight excluding hydrogens is 458 g/mol. The van der Waals surface area contributed by atoms with Crippen LogP contribution in [0.5, 0.6) is 11.5 Å². The van der Waals surface area contributed by atoms with Crippen LogP contribution >= 0.6 is 11.6 Å². The van der Waals surface area contributed by atoms with Crippen molar-refractivity contribution in [2.75, 3.05) is 0 Å². The van der Waals surface area contributed by atoms with E-state index in [4.69, 9.17) is 22.9 Å². The quantitative estimate of drug-likeness (QED) is 0.457. The molecule has 3 rings (SSSR count). The Morgan fingerprint density at radius 3 is 2.56 bits per heavy atom. The third kappa shape index (κ3) is 4.47. The van der Waals surface area contributed by atoms with Gasteiger partial charge in [0.05, 0.1) is 25.0 Å². The van der Waals surface area contributed by atoms with Gasteiger partial charge in [0.2, 0.25) is 11.4 Å². The van der Waals surface area contributed by atoms with Crippen molar-refractivity contribution in [1.29, 1.82) is 0 Å². The molecule has 0 fully saturated rings. The molecule has 0 saturated heterocycles. The monoisotopic (exact) mass is 469 g/mol. The molecule has 0 aliphatic rings. The SMILES string of the molecule is [C-]#[N+]c1cc(Cl)cc(Oc2c(C(F)(F)F)ncn(Cc3c(C)nc(C)[nH]c3=O)c2=O)c1F. The molecule has 2 aromatic heterocycles. The van der Waals surface area contributed by atoms with E-state index in [1.807, 2.05) is 0 Å².